The molecule has 1 heterocycles. The van der Waals surface area contributed by atoms with Crippen LogP contribution in [0.4, 0.5) is 11.4 Å². The number of hydrogen-bond acceptors (Lipinski definition) is 3. The number of aromatic nitrogens is 1. The number of halogens is 1. The van der Waals surface area contributed by atoms with Crippen LogP contribution in [0, 0.1) is 11.8 Å². The Hall–Kier alpha value is -1.29. The van der Waals surface area contributed by atoms with Crippen LogP contribution in [0.25, 0.3) is 10.9 Å². The van der Waals surface area contributed by atoms with E-state index in [9.17, 15) is 0 Å². The van der Waals surface area contributed by atoms with Crippen molar-refractivity contribution in [1.82, 2.24) is 4.98 Å². The van der Waals surface area contributed by atoms with Gasteiger partial charge < -0.3 is 11.1 Å². The van der Waals surface area contributed by atoms with Gasteiger partial charge in [-0.15, -0.1) is 0 Å². The highest BCUT2D eigenvalue weighted by Gasteiger charge is 2.30. The predicted octanol–water partition coefficient (Wildman–Crippen LogP) is 4.43. The maximum Gasteiger partial charge on any atom is 0.0743 e. The summed E-state index contributed by atoms with van der Waals surface area (Å²) in [6.07, 6.45) is 4.24. The van der Waals surface area contributed by atoms with Gasteiger partial charge in [0.25, 0.3) is 0 Å². The lowest BCUT2D eigenvalue weighted by atomic mass is 9.97. The summed E-state index contributed by atoms with van der Waals surface area (Å²) in [6, 6.07) is 6.61. The Kier molecular flexibility index (Phi) is 3.59. The molecule has 3 unspecified atom stereocenters. The molecular formula is C16H20BrN3. The van der Waals surface area contributed by atoms with Crippen molar-refractivity contribution >= 4 is 38.2 Å². The number of nitrogens with zero attached hydrogens (tertiary/aromatic N) is 1. The second-order valence-electron chi connectivity index (χ2n) is 5.91. The average Bonchev–Trinajstić information content (AvgIpc) is 2.74. The van der Waals surface area contributed by atoms with Gasteiger partial charge in [0, 0.05) is 15.9 Å². The Labute approximate surface area is 128 Å². The number of nitrogen functional groups attached to an aromatic ring is 1. The smallest absolute Gasteiger partial charge is 0.0743 e. The molecule has 1 aliphatic rings. The lowest BCUT2D eigenvalue weighted by molar-refractivity contribution is 0.436. The zero-order valence-electron chi connectivity index (χ0n) is 11.9. The summed E-state index contributed by atoms with van der Waals surface area (Å²) in [5.74, 6) is 1.44. The van der Waals surface area contributed by atoms with Gasteiger partial charge >= 0.3 is 0 Å². The van der Waals surface area contributed by atoms with Crippen molar-refractivity contribution in [3.8, 4) is 0 Å². The van der Waals surface area contributed by atoms with E-state index in [4.69, 9.17) is 5.73 Å². The number of pyridine rings is 1. The average molecular weight is 334 g/mol. The van der Waals surface area contributed by atoms with Gasteiger partial charge in [0.05, 0.1) is 23.1 Å². The fraction of sp³-hybridized carbons (Fsp3) is 0.438. The molecule has 4 heteroatoms. The fourth-order valence-corrected chi connectivity index (χ4v) is 3.46. The standard InChI is InChI=1S/C16H20BrN3/c1-9-3-5-14(10(9)2)20-16-12-7-11(17)4-6-15(12)19-8-13(16)18/h4,6-10,14H,3,5,18H2,1-2H3,(H,19,20). The molecule has 0 bridgehead atoms. The third-order valence-corrected chi connectivity index (χ3v) is 5.15. The van der Waals surface area contributed by atoms with Crippen molar-refractivity contribution < 1.29 is 0 Å². The van der Waals surface area contributed by atoms with Crippen LogP contribution >= 0.6 is 15.9 Å². The molecular weight excluding hydrogens is 314 g/mol. The Morgan fingerprint density at radius 1 is 1.30 bits per heavy atom. The summed E-state index contributed by atoms with van der Waals surface area (Å²) in [4.78, 5) is 4.41. The molecule has 3 N–H and O–H groups in total. The van der Waals surface area contributed by atoms with Crippen LogP contribution < -0.4 is 11.1 Å². The Morgan fingerprint density at radius 2 is 2.10 bits per heavy atom. The van der Waals surface area contributed by atoms with Crippen LogP contribution in [0.5, 0.6) is 0 Å². The van der Waals surface area contributed by atoms with Gasteiger partial charge in [-0.25, -0.2) is 0 Å². The zero-order valence-corrected chi connectivity index (χ0v) is 13.4. The van der Waals surface area contributed by atoms with E-state index < -0.39 is 0 Å². The molecule has 0 amide bonds. The highest BCUT2D eigenvalue weighted by atomic mass is 79.9. The van der Waals surface area contributed by atoms with E-state index >= 15 is 0 Å². The van der Waals surface area contributed by atoms with Gasteiger partial charge in [-0.05, 0) is 42.9 Å². The van der Waals surface area contributed by atoms with E-state index in [1.807, 2.05) is 12.1 Å². The maximum absolute atomic E-state index is 6.15. The number of rotatable bonds is 2. The van der Waals surface area contributed by atoms with Crippen LogP contribution in [-0.2, 0) is 0 Å². The number of anilines is 2. The SMILES string of the molecule is CC1CCC(Nc2c(N)cnc3ccc(Br)cc23)C1C. The van der Waals surface area contributed by atoms with Crippen LogP contribution in [0.3, 0.4) is 0 Å². The third-order valence-electron chi connectivity index (χ3n) is 4.65. The van der Waals surface area contributed by atoms with E-state index in [1.54, 1.807) is 6.20 Å². The number of benzene rings is 1. The largest absolute Gasteiger partial charge is 0.396 e. The molecule has 3 atom stereocenters. The highest BCUT2D eigenvalue weighted by Crippen LogP contribution is 2.37. The van der Waals surface area contributed by atoms with E-state index in [0.29, 0.717) is 12.0 Å². The molecule has 1 aromatic heterocycles. The van der Waals surface area contributed by atoms with Crippen LogP contribution in [-0.4, -0.2) is 11.0 Å². The molecule has 3 nitrogen and oxygen atoms in total. The van der Waals surface area contributed by atoms with Gasteiger partial charge in [0.2, 0.25) is 0 Å². The van der Waals surface area contributed by atoms with E-state index in [-0.39, 0.29) is 0 Å². The van der Waals surface area contributed by atoms with Gasteiger partial charge in [0.1, 0.15) is 0 Å². The third kappa shape index (κ3) is 2.37. The van der Waals surface area contributed by atoms with Gasteiger partial charge in [-0.3, -0.25) is 4.98 Å². The lowest BCUT2D eigenvalue weighted by Crippen LogP contribution is -2.24. The minimum absolute atomic E-state index is 0.497. The summed E-state index contributed by atoms with van der Waals surface area (Å²) in [7, 11) is 0. The van der Waals surface area contributed by atoms with Gasteiger partial charge in [-0.2, -0.15) is 0 Å². The molecule has 106 valence electrons. The first-order valence-electron chi connectivity index (χ1n) is 7.16. The topological polar surface area (TPSA) is 50.9 Å². The van der Waals surface area contributed by atoms with Crippen molar-refractivity contribution in [3.05, 3.63) is 28.9 Å². The van der Waals surface area contributed by atoms with Crippen LogP contribution in [0.15, 0.2) is 28.9 Å². The molecule has 2 aromatic rings. The molecule has 0 saturated heterocycles. The molecule has 20 heavy (non-hydrogen) atoms. The Bertz CT molecular complexity index is 636. The summed E-state index contributed by atoms with van der Waals surface area (Å²) in [5.41, 5.74) is 8.88. The summed E-state index contributed by atoms with van der Waals surface area (Å²) in [5, 5.41) is 4.76. The summed E-state index contributed by atoms with van der Waals surface area (Å²) >= 11 is 3.53. The number of fused-ring (bicyclic) bond motifs is 1. The van der Waals surface area contributed by atoms with Crippen molar-refractivity contribution in [1.29, 1.82) is 0 Å². The van der Waals surface area contributed by atoms with Gasteiger partial charge in [-0.1, -0.05) is 29.8 Å². The first-order chi connectivity index (χ1) is 9.56. The maximum atomic E-state index is 6.15. The Morgan fingerprint density at radius 3 is 2.80 bits per heavy atom. The van der Waals surface area contributed by atoms with Crippen molar-refractivity contribution in [2.45, 2.75) is 32.7 Å². The molecule has 1 fully saturated rings. The second kappa shape index (κ2) is 5.24. The van der Waals surface area contributed by atoms with E-state index in [1.165, 1.54) is 12.8 Å². The zero-order chi connectivity index (χ0) is 14.3. The number of nitrogens with two attached hydrogens (primary N) is 1. The van der Waals surface area contributed by atoms with Crippen LogP contribution in [0.1, 0.15) is 26.7 Å². The second-order valence-corrected chi connectivity index (χ2v) is 6.83. The van der Waals surface area contributed by atoms with Crippen LogP contribution in [0.2, 0.25) is 0 Å². The summed E-state index contributed by atoms with van der Waals surface area (Å²) in [6.45, 7) is 4.65. The molecule has 0 spiro atoms. The van der Waals surface area contributed by atoms with Crippen molar-refractivity contribution in [2.75, 3.05) is 11.1 Å². The molecule has 1 aliphatic carbocycles. The number of nitrogens with one attached hydrogen (secondary N) is 1. The minimum Gasteiger partial charge on any atom is -0.396 e. The molecule has 0 radical (unpaired) electrons. The van der Waals surface area contributed by atoms with E-state index in [2.05, 4.69) is 46.1 Å². The monoisotopic (exact) mass is 333 g/mol. The fourth-order valence-electron chi connectivity index (χ4n) is 3.10. The lowest BCUT2D eigenvalue weighted by Gasteiger charge is -2.23. The molecule has 3 rings (SSSR count). The normalized spacial score (nSPS) is 26.1. The predicted molar refractivity (Wildman–Crippen MR) is 88.8 cm³/mol. The minimum atomic E-state index is 0.497. The molecule has 1 aromatic carbocycles. The molecule has 1 saturated carbocycles. The van der Waals surface area contributed by atoms with Crippen molar-refractivity contribution in [2.24, 2.45) is 11.8 Å². The van der Waals surface area contributed by atoms with E-state index in [0.717, 1.165) is 32.7 Å². The first-order valence-corrected chi connectivity index (χ1v) is 7.96. The highest BCUT2D eigenvalue weighted by molar-refractivity contribution is 9.10. The van der Waals surface area contributed by atoms with Crippen molar-refractivity contribution in [3.63, 3.8) is 0 Å². The first kappa shape index (κ1) is 13.7. The summed E-state index contributed by atoms with van der Waals surface area (Å²) < 4.78 is 1.05. The quantitative estimate of drug-likeness (QED) is 0.854. The Balaban J connectivity index is 2.02. The molecule has 0 aliphatic heterocycles. The van der Waals surface area contributed by atoms with Gasteiger partial charge in [0.15, 0.2) is 0 Å². The number of hydrogen-bond donors (Lipinski definition) is 2.